The molecule has 0 aromatic carbocycles. The Balaban J connectivity index is 0. The first kappa shape index (κ1) is 18.8. The van der Waals surface area contributed by atoms with Crippen molar-refractivity contribution in [2.24, 2.45) is 0 Å². The quantitative estimate of drug-likeness (QED) is 0.645. The molecule has 0 aliphatic carbocycles. The Morgan fingerprint density at radius 3 is 1.94 bits per heavy atom. The van der Waals surface area contributed by atoms with Crippen LogP contribution in [-0.2, 0) is 4.79 Å². The molecule has 0 unspecified atom stereocenters. The molecule has 1 rings (SSSR count). The Kier molecular flexibility index (Phi) is 17.1. The predicted octanol–water partition coefficient (Wildman–Crippen LogP) is 4.63. The van der Waals surface area contributed by atoms with Crippen LogP contribution in [0.1, 0.15) is 79.6 Å². The highest BCUT2D eigenvalue weighted by molar-refractivity contribution is 5.76. The van der Waals surface area contributed by atoms with Gasteiger partial charge in [0.25, 0.3) is 0 Å². The summed E-state index contributed by atoms with van der Waals surface area (Å²) in [4.78, 5) is 13.6. The van der Waals surface area contributed by atoms with E-state index in [-0.39, 0.29) is 0 Å². The number of likely N-dealkylation sites (tertiary alicyclic amines) is 1. The van der Waals surface area contributed by atoms with Gasteiger partial charge in [-0.3, -0.25) is 4.79 Å². The zero-order valence-corrected chi connectivity index (χ0v) is 12.7. The summed E-state index contributed by atoms with van der Waals surface area (Å²) in [5.74, 6) is 0.383. The van der Waals surface area contributed by atoms with Crippen LogP contribution in [0.2, 0.25) is 0 Å². The fourth-order valence-electron chi connectivity index (χ4n) is 1.83. The molecule has 2 heteroatoms. The highest BCUT2D eigenvalue weighted by atomic mass is 16.2. The van der Waals surface area contributed by atoms with Gasteiger partial charge in [-0.1, -0.05) is 53.9 Å². The second-order valence-electron chi connectivity index (χ2n) is 3.90. The minimum atomic E-state index is 0.383. The molecule has 1 amide bonds. The van der Waals surface area contributed by atoms with Gasteiger partial charge in [0.15, 0.2) is 0 Å². The molecule has 0 aromatic heterocycles. The van der Waals surface area contributed by atoms with Gasteiger partial charge in [-0.2, -0.15) is 0 Å². The van der Waals surface area contributed by atoms with E-state index in [0.717, 1.165) is 25.9 Å². The minimum absolute atomic E-state index is 0.383. The topological polar surface area (TPSA) is 20.3 Å². The average Bonchev–Trinajstić information content (AvgIpc) is 2.93. The van der Waals surface area contributed by atoms with Crippen LogP contribution in [0.25, 0.3) is 0 Å². The molecule has 104 valence electrons. The molecular formula is C15H33NO. The zero-order valence-electron chi connectivity index (χ0n) is 12.7. The van der Waals surface area contributed by atoms with Crippen molar-refractivity contribution in [2.45, 2.75) is 79.6 Å². The highest BCUT2D eigenvalue weighted by Gasteiger charge is 2.16. The molecule has 0 saturated carbocycles. The van der Waals surface area contributed by atoms with Crippen LogP contribution in [0.4, 0.5) is 0 Å². The van der Waals surface area contributed by atoms with E-state index in [1.54, 1.807) is 0 Å². The van der Waals surface area contributed by atoms with Gasteiger partial charge in [-0.05, 0) is 19.3 Å². The third-order valence-corrected chi connectivity index (χ3v) is 2.70. The van der Waals surface area contributed by atoms with E-state index >= 15 is 0 Å². The predicted molar refractivity (Wildman–Crippen MR) is 77.3 cm³/mol. The van der Waals surface area contributed by atoms with Crippen molar-refractivity contribution in [3.63, 3.8) is 0 Å². The van der Waals surface area contributed by atoms with E-state index in [1.165, 1.54) is 32.1 Å². The summed E-state index contributed by atoms with van der Waals surface area (Å²) in [6.45, 7) is 12.2. The van der Waals surface area contributed by atoms with Crippen LogP contribution in [0.3, 0.4) is 0 Å². The molecule has 17 heavy (non-hydrogen) atoms. The molecule has 0 aromatic rings. The summed E-state index contributed by atoms with van der Waals surface area (Å²) >= 11 is 0. The van der Waals surface area contributed by atoms with Gasteiger partial charge in [0.2, 0.25) is 5.91 Å². The van der Waals surface area contributed by atoms with Crippen molar-refractivity contribution >= 4 is 5.91 Å². The summed E-state index contributed by atoms with van der Waals surface area (Å²) < 4.78 is 0. The Morgan fingerprint density at radius 1 is 0.941 bits per heavy atom. The van der Waals surface area contributed by atoms with Crippen LogP contribution in [0.15, 0.2) is 0 Å². The maximum absolute atomic E-state index is 11.5. The van der Waals surface area contributed by atoms with Crippen molar-refractivity contribution in [3.8, 4) is 0 Å². The number of amides is 1. The largest absolute Gasteiger partial charge is 0.343 e. The lowest BCUT2D eigenvalue weighted by Gasteiger charge is -2.14. The molecule has 1 fully saturated rings. The number of rotatable bonds is 5. The molecule has 0 N–H and O–H groups in total. The molecule has 1 aliphatic heterocycles. The van der Waals surface area contributed by atoms with Crippen molar-refractivity contribution in [1.82, 2.24) is 4.90 Å². The SMILES string of the molecule is CC.CC.CCCCCCC(=O)N1CCCC1. The maximum Gasteiger partial charge on any atom is 0.222 e. The lowest BCUT2D eigenvalue weighted by molar-refractivity contribution is -0.130. The van der Waals surface area contributed by atoms with E-state index in [1.807, 2.05) is 32.6 Å². The van der Waals surface area contributed by atoms with Crippen LogP contribution < -0.4 is 0 Å². The average molecular weight is 243 g/mol. The summed E-state index contributed by atoms with van der Waals surface area (Å²) in [5, 5.41) is 0. The standard InChI is InChI=1S/C11H21NO.2C2H6/c1-2-3-4-5-8-11(13)12-9-6-7-10-12;2*1-2/h2-10H2,1H3;2*1-2H3. The van der Waals surface area contributed by atoms with Gasteiger partial charge in [0.1, 0.15) is 0 Å². The Hall–Kier alpha value is -0.530. The second-order valence-corrected chi connectivity index (χ2v) is 3.90. The van der Waals surface area contributed by atoms with Gasteiger partial charge in [0.05, 0.1) is 0 Å². The summed E-state index contributed by atoms with van der Waals surface area (Å²) in [6, 6.07) is 0. The third-order valence-electron chi connectivity index (χ3n) is 2.70. The Labute approximate surface area is 109 Å². The molecule has 1 aliphatic rings. The molecule has 0 radical (unpaired) electrons. The van der Waals surface area contributed by atoms with Crippen LogP contribution in [-0.4, -0.2) is 23.9 Å². The summed E-state index contributed by atoms with van der Waals surface area (Å²) in [6.07, 6.45) is 8.02. The molecular weight excluding hydrogens is 210 g/mol. The number of carbonyl (C=O) groups is 1. The van der Waals surface area contributed by atoms with E-state index in [2.05, 4.69) is 6.92 Å². The van der Waals surface area contributed by atoms with E-state index < -0.39 is 0 Å². The third kappa shape index (κ3) is 10.3. The molecule has 0 atom stereocenters. The Morgan fingerprint density at radius 2 is 1.47 bits per heavy atom. The number of nitrogens with zero attached hydrogens (tertiary/aromatic N) is 1. The zero-order chi connectivity index (χ0) is 13.5. The summed E-state index contributed by atoms with van der Waals surface area (Å²) in [5.41, 5.74) is 0. The van der Waals surface area contributed by atoms with Crippen molar-refractivity contribution in [1.29, 1.82) is 0 Å². The summed E-state index contributed by atoms with van der Waals surface area (Å²) in [7, 11) is 0. The normalized spacial score (nSPS) is 13.4. The van der Waals surface area contributed by atoms with Crippen molar-refractivity contribution in [3.05, 3.63) is 0 Å². The van der Waals surface area contributed by atoms with Crippen LogP contribution >= 0.6 is 0 Å². The lowest BCUT2D eigenvalue weighted by atomic mass is 10.1. The first-order valence-corrected chi connectivity index (χ1v) is 7.62. The molecule has 0 bridgehead atoms. The van der Waals surface area contributed by atoms with E-state index in [9.17, 15) is 4.79 Å². The van der Waals surface area contributed by atoms with Crippen LogP contribution in [0, 0.1) is 0 Å². The smallest absolute Gasteiger partial charge is 0.222 e. The highest BCUT2D eigenvalue weighted by Crippen LogP contribution is 2.11. The monoisotopic (exact) mass is 243 g/mol. The maximum atomic E-state index is 11.5. The first-order valence-electron chi connectivity index (χ1n) is 7.62. The molecule has 2 nitrogen and oxygen atoms in total. The van der Waals surface area contributed by atoms with Gasteiger partial charge in [-0.25, -0.2) is 0 Å². The number of carbonyl (C=O) groups excluding carboxylic acids is 1. The first-order chi connectivity index (χ1) is 8.34. The molecule has 1 saturated heterocycles. The molecule has 1 heterocycles. The number of unbranched alkanes of at least 4 members (excludes halogenated alkanes) is 3. The number of hydrogen-bond acceptors (Lipinski definition) is 1. The second kappa shape index (κ2) is 15.5. The van der Waals surface area contributed by atoms with E-state index in [0.29, 0.717) is 5.91 Å². The van der Waals surface area contributed by atoms with Crippen molar-refractivity contribution in [2.75, 3.05) is 13.1 Å². The van der Waals surface area contributed by atoms with Gasteiger partial charge >= 0.3 is 0 Å². The van der Waals surface area contributed by atoms with Crippen molar-refractivity contribution < 1.29 is 4.79 Å². The van der Waals surface area contributed by atoms with E-state index in [4.69, 9.17) is 0 Å². The van der Waals surface area contributed by atoms with Gasteiger partial charge < -0.3 is 4.90 Å². The lowest BCUT2D eigenvalue weighted by Crippen LogP contribution is -2.27. The fourth-order valence-corrected chi connectivity index (χ4v) is 1.83. The van der Waals surface area contributed by atoms with Gasteiger partial charge in [-0.15, -0.1) is 0 Å². The van der Waals surface area contributed by atoms with Crippen LogP contribution in [0.5, 0.6) is 0 Å². The van der Waals surface area contributed by atoms with Gasteiger partial charge in [0, 0.05) is 19.5 Å². The number of hydrogen-bond donors (Lipinski definition) is 0. The molecule has 0 spiro atoms. The Bertz CT molecular complexity index is 151. The fraction of sp³-hybridized carbons (Fsp3) is 0.933. The minimum Gasteiger partial charge on any atom is -0.343 e.